The normalized spacial score (nSPS) is 11.2. The van der Waals surface area contributed by atoms with E-state index < -0.39 is 15.8 Å². The van der Waals surface area contributed by atoms with Crippen molar-refractivity contribution in [2.75, 3.05) is 23.8 Å². The molecule has 0 aliphatic heterocycles. The molecule has 2 N–H and O–H groups in total. The highest BCUT2D eigenvalue weighted by atomic mass is 35.5. The molecule has 0 spiro atoms. The Morgan fingerprint density at radius 1 is 1.39 bits per heavy atom. The summed E-state index contributed by atoms with van der Waals surface area (Å²) in [7, 11) is -3.14. The lowest BCUT2D eigenvalue weighted by atomic mass is 10.2. The van der Waals surface area contributed by atoms with Gasteiger partial charge in [0.15, 0.2) is 9.84 Å². The number of benzene rings is 1. The van der Waals surface area contributed by atoms with E-state index in [1.807, 2.05) is 0 Å². The smallest absolute Gasteiger partial charge is 0.338 e. The van der Waals surface area contributed by atoms with Gasteiger partial charge in [0.2, 0.25) is 0 Å². The number of anilines is 1. The fourth-order valence-electron chi connectivity index (χ4n) is 1.22. The number of ether oxygens (including phenoxy) is 1. The molecule has 1 aromatic rings. The van der Waals surface area contributed by atoms with Gasteiger partial charge >= 0.3 is 5.97 Å². The Hall–Kier alpha value is -1.27. The molecule has 0 bridgehead atoms. The van der Waals surface area contributed by atoms with Crippen LogP contribution in [0.3, 0.4) is 0 Å². The third-order valence-electron chi connectivity index (χ3n) is 2.22. The molecule has 0 unspecified atom stereocenters. The van der Waals surface area contributed by atoms with Crippen LogP contribution >= 0.6 is 11.6 Å². The minimum absolute atomic E-state index is 0.0225. The van der Waals surface area contributed by atoms with Gasteiger partial charge in [-0.1, -0.05) is 18.5 Å². The Balaban J connectivity index is 2.61. The summed E-state index contributed by atoms with van der Waals surface area (Å²) in [4.78, 5) is 11.6. The summed E-state index contributed by atoms with van der Waals surface area (Å²) in [6.07, 6.45) is 0. The first-order chi connectivity index (χ1) is 8.34. The zero-order valence-electron chi connectivity index (χ0n) is 9.85. The molecule has 0 saturated carbocycles. The summed E-state index contributed by atoms with van der Waals surface area (Å²) >= 11 is 5.74. The average Bonchev–Trinajstić information content (AvgIpc) is 2.27. The molecule has 0 heterocycles. The second kappa shape index (κ2) is 6.06. The van der Waals surface area contributed by atoms with E-state index in [0.717, 1.165) is 0 Å². The zero-order valence-corrected chi connectivity index (χ0v) is 11.4. The van der Waals surface area contributed by atoms with Gasteiger partial charge in [0.1, 0.15) is 6.61 Å². The van der Waals surface area contributed by atoms with Crippen LogP contribution in [-0.2, 0) is 14.6 Å². The minimum Gasteiger partial charge on any atom is -0.461 e. The van der Waals surface area contributed by atoms with E-state index in [-0.39, 0.29) is 23.7 Å². The van der Waals surface area contributed by atoms with Gasteiger partial charge < -0.3 is 10.5 Å². The van der Waals surface area contributed by atoms with Gasteiger partial charge in [-0.25, -0.2) is 13.2 Å². The summed E-state index contributed by atoms with van der Waals surface area (Å²) in [5, 5.41) is 0.322. The van der Waals surface area contributed by atoms with Gasteiger partial charge in [-0.05, 0) is 18.2 Å². The molecule has 1 rings (SSSR count). The van der Waals surface area contributed by atoms with Gasteiger partial charge in [0, 0.05) is 16.5 Å². The lowest BCUT2D eigenvalue weighted by Gasteiger charge is -2.06. The molecular weight excluding hydrogens is 278 g/mol. The summed E-state index contributed by atoms with van der Waals surface area (Å²) in [6.45, 7) is 1.36. The number of nitrogen functional groups attached to an aromatic ring is 1. The van der Waals surface area contributed by atoms with E-state index in [0.29, 0.717) is 10.7 Å². The van der Waals surface area contributed by atoms with Crippen molar-refractivity contribution in [2.24, 2.45) is 0 Å². The molecule has 0 aliphatic rings. The number of carbonyl (C=O) groups is 1. The first-order valence-electron chi connectivity index (χ1n) is 5.27. The third kappa shape index (κ3) is 4.54. The number of rotatable bonds is 5. The van der Waals surface area contributed by atoms with Crippen LogP contribution in [0.1, 0.15) is 17.3 Å². The highest BCUT2D eigenvalue weighted by Gasteiger charge is 2.12. The lowest BCUT2D eigenvalue weighted by molar-refractivity contribution is 0.0529. The number of nitrogens with two attached hydrogens (primary N) is 1. The molecule has 7 heteroatoms. The molecule has 0 radical (unpaired) electrons. The zero-order chi connectivity index (χ0) is 13.8. The fraction of sp³-hybridized carbons (Fsp3) is 0.364. The highest BCUT2D eigenvalue weighted by Crippen LogP contribution is 2.17. The molecule has 0 aromatic heterocycles. The van der Waals surface area contributed by atoms with E-state index in [1.54, 1.807) is 0 Å². The predicted molar refractivity (Wildman–Crippen MR) is 70.5 cm³/mol. The number of sulfone groups is 1. The highest BCUT2D eigenvalue weighted by molar-refractivity contribution is 7.91. The van der Waals surface area contributed by atoms with Crippen molar-refractivity contribution < 1.29 is 17.9 Å². The molecule has 0 fully saturated rings. The van der Waals surface area contributed by atoms with Crippen LogP contribution in [0, 0.1) is 0 Å². The van der Waals surface area contributed by atoms with E-state index in [9.17, 15) is 13.2 Å². The van der Waals surface area contributed by atoms with Gasteiger partial charge in [-0.15, -0.1) is 0 Å². The minimum atomic E-state index is -3.14. The summed E-state index contributed by atoms with van der Waals surface area (Å²) in [5.74, 6) is -0.810. The number of hydrogen-bond acceptors (Lipinski definition) is 5. The maximum absolute atomic E-state index is 11.6. The topological polar surface area (TPSA) is 86.5 Å². The predicted octanol–water partition coefficient (Wildman–Crippen LogP) is 1.51. The second-order valence-electron chi connectivity index (χ2n) is 3.65. The largest absolute Gasteiger partial charge is 0.461 e. The Kier molecular flexibility index (Phi) is 4.98. The van der Waals surface area contributed by atoms with Crippen molar-refractivity contribution in [3.63, 3.8) is 0 Å². The maximum atomic E-state index is 11.6. The third-order valence-corrected chi connectivity index (χ3v) is 4.11. The Bertz CT molecular complexity index is 522. The molecule has 100 valence electrons. The molecule has 0 aliphatic carbocycles. The van der Waals surface area contributed by atoms with E-state index in [1.165, 1.54) is 25.1 Å². The maximum Gasteiger partial charge on any atom is 0.338 e. The number of hydrogen-bond donors (Lipinski definition) is 1. The first kappa shape index (κ1) is 14.8. The van der Waals surface area contributed by atoms with Crippen molar-refractivity contribution >= 4 is 33.1 Å². The van der Waals surface area contributed by atoms with E-state index in [4.69, 9.17) is 22.1 Å². The second-order valence-corrected chi connectivity index (χ2v) is 6.55. The van der Waals surface area contributed by atoms with Crippen LogP contribution in [-0.4, -0.2) is 32.5 Å². The van der Waals surface area contributed by atoms with Crippen molar-refractivity contribution in [1.82, 2.24) is 0 Å². The number of halogens is 1. The fourth-order valence-corrected chi connectivity index (χ4v) is 2.09. The van der Waals surface area contributed by atoms with Crippen molar-refractivity contribution in [1.29, 1.82) is 0 Å². The number of esters is 1. The molecule has 0 saturated heterocycles. The SMILES string of the molecule is CCS(=O)(=O)CCOC(=O)c1cc(N)cc(Cl)c1. The van der Waals surface area contributed by atoms with E-state index >= 15 is 0 Å². The molecule has 0 atom stereocenters. The van der Waals surface area contributed by atoms with Crippen LogP contribution in [0.15, 0.2) is 18.2 Å². The van der Waals surface area contributed by atoms with Gasteiger partial charge in [0.25, 0.3) is 0 Å². The molecule has 0 amide bonds. The van der Waals surface area contributed by atoms with Gasteiger partial charge in [-0.2, -0.15) is 0 Å². The quantitative estimate of drug-likeness (QED) is 0.656. The lowest BCUT2D eigenvalue weighted by Crippen LogP contribution is -2.17. The Morgan fingerprint density at radius 2 is 2.06 bits per heavy atom. The van der Waals surface area contributed by atoms with Crippen LogP contribution < -0.4 is 5.73 Å². The average molecular weight is 292 g/mol. The number of carbonyl (C=O) groups excluding carboxylic acids is 1. The summed E-state index contributed by atoms with van der Waals surface area (Å²) < 4.78 is 27.2. The molecule has 18 heavy (non-hydrogen) atoms. The standard InChI is InChI=1S/C11H14ClNO4S/c1-2-18(15,16)4-3-17-11(14)8-5-9(12)7-10(13)6-8/h5-7H,2-4,13H2,1H3. The summed E-state index contributed by atoms with van der Waals surface area (Å²) in [6, 6.07) is 4.33. The molecular formula is C11H14ClNO4S. The summed E-state index contributed by atoms with van der Waals surface area (Å²) in [5.41, 5.74) is 6.07. The van der Waals surface area contributed by atoms with E-state index in [2.05, 4.69) is 0 Å². The van der Waals surface area contributed by atoms with Crippen LogP contribution in [0.5, 0.6) is 0 Å². The molecule has 5 nitrogen and oxygen atoms in total. The first-order valence-corrected chi connectivity index (χ1v) is 7.47. The monoisotopic (exact) mass is 291 g/mol. The van der Waals surface area contributed by atoms with Crippen LogP contribution in [0.25, 0.3) is 0 Å². The van der Waals surface area contributed by atoms with Crippen LogP contribution in [0.2, 0.25) is 5.02 Å². The van der Waals surface area contributed by atoms with Crippen molar-refractivity contribution in [2.45, 2.75) is 6.92 Å². The van der Waals surface area contributed by atoms with Crippen molar-refractivity contribution in [3.05, 3.63) is 28.8 Å². The van der Waals surface area contributed by atoms with Crippen molar-refractivity contribution in [3.8, 4) is 0 Å². The Morgan fingerprint density at radius 3 is 2.61 bits per heavy atom. The van der Waals surface area contributed by atoms with Gasteiger partial charge in [-0.3, -0.25) is 0 Å². The Labute approximate surface area is 111 Å². The van der Waals surface area contributed by atoms with Gasteiger partial charge in [0.05, 0.1) is 11.3 Å². The van der Waals surface area contributed by atoms with Crippen LogP contribution in [0.4, 0.5) is 5.69 Å². The molecule has 1 aromatic carbocycles.